The Hall–Kier alpha value is -1.54. The van der Waals surface area contributed by atoms with Gasteiger partial charge in [-0.3, -0.25) is 4.99 Å². The summed E-state index contributed by atoms with van der Waals surface area (Å²) in [6.07, 6.45) is 5.74. The molecule has 1 aromatic heterocycles. The van der Waals surface area contributed by atoms with E-state index in [2.05, 4.69) is 41.0 Å². The molecule has 1 atom stereocenters. The average molecular weight is 483 g/mol. The van der Waals surface area contributed by atoms with E-state index < -0.39 is 6.10 Å². The van der Waals surface area contributed by atoms with Gasteiger partial charge in [-0.2, -0.15) is 0 Å². The Morgan fingerprint density at radius 2 is 1.89 bits per heavy atom. The molecule has 1 aliphatic carbocycles. The van der Waals surface area contributed by atoms with E-state index in [-0.39, 0.29) is 29.4 Å². The van der Waals surface area contributed by atoms with Crippen molar-refractivity contribution in [1.82, 2.24) is 10.6 Å². The standard InChI is InChI=1S/C21H29N3O2.HI/c1-2-22-20(23-15-18(25)19-11-8-14-26-19)24-16-21(12-6-7-13-21)17-9-4-3-5-10-17;/h3-5,8-11,14,18,25H,2,6-7,12-13,15-16H2,1H3,(H2,22,23,24);1H. The van der Waals surface area contributed by atoms with Gasteiger partial charge in [-0.25, -0.2) is 0 Å². The molecule has 1 heterocycles. The minimum atomic E-state index is -0.691. The van der Waals surface area contributed by atoms with Crippen molar-refractivity contribution in [2.24, 2.45) is 4.99 Å². The van der Waals surface area contributed by atoms with E-state index in [4.69, 9.17) is 9.41 Å². The number of hydrogen-bond donors (Lipinski definition) is 3. The van der Waals surface area contributed by atoms with Crippen LogP contribution >= 0.6 is 24.0 Å². The summed E-state index contributed by atoms with van der Waals surface area (Å²) in [5.74, 6) is 1.30. The van der Waals surface area contributed by atoms with Gasteiger partial charge in [0.25, 0.3) is 0 Å². The van der Waals surface area contributed by atoms with Gasteiger partial charge in [0.2, 0.25) is 0 Å². The third-order valence-corrected chi connectivity index (χ3v) is 5.17. The van der Waals surface area contributed by atoms with Crippen LogP contribution in [0.2, 0.25) is 0 Å². The molecule has 3 N–H and O–H groups in total. The van der Waals surface area contributed by atoms with Crippen LogP contribution in [-0.2, 0) is 5.41 Å². The summed E-state index contributed by atoms with van der Waals surface area (Å²) in [5.41, 5.74) is 1.51. The fourth-order valence-electron chi connectivity index (χ4n) is 3.73. The van der Waals surface area contributed by atoms with Crippen molar-refractivity contribution in [3.05, 3.63) is 60.1 Å². The van der Waals surface area contributed by atoms with Crippen LogP contribution in [0.4, 0.5) is 0 Å². The predicted octanol–water partition coefficient (Wildman–Crippen LogP) is 4.00. The van der Waals surface area contributed by atoms with E-state index in [9.17, 15) is 5.11 Å². The first-order valence-corrected chi connectivity index (χ1v) is 9.53. The van der Waals surface area contributed by atoms with Gasteiger partial charge in [0.1, 0.15) is 11.9 Å². The highest BCUT2D eigenvalue weighted by atomic mass is 127. The predicted molar refractivity (Wildman–Crippen MR) is 120 cm³/mol. The van der Waals surface area contributed by atoms with Gasteiger partial charge in [-0.15, -0.1) is 24.0 Å². The Balaban J connectivity index is 0.00000261. The highest BCUT2D eigenvalue weighted by Crippen LogP contribution is 2.41. The molecular formula is C21H30IN3O2. The maximum Gasteiger partial charge on any atom is 0.191 e. The molecule has 1 aliphatic rings. The summed E-state index contributed by atoms with van der Waals surface area (Å²) in [6, 6.07) is 14.3. The highest BCUT2D eigenvalue weighted by molar-refractivity contribution is 14.0. The molecule has 1 aromatic carbocycles. The van der Waals surface area contributed by atoms with Crippen molar-refractivity contribution in [3.8, 4) is 0 Å². The summed E-state index contributed by atoms with van der Waals surface area (Å²) in [6.45, 7) is 3.94. The van der Waals surface area contributed by atoms with Crippen LogP contribution in [0.25, 0.3) is 0 Å². The van der Waals surface area contributed by atoms with E-state index in [0.29, 0.717) is 12.3 Å². The maximum absolute atomic E-state index is 10.2. The Bertz CT molecular complexity index is 683. The fourth-order valence-corrected chi connectivity index (χ4v) is 3.73. The molecule has 27 heavy (non-hydrogen) atoms. The second-order valence-electron chi connectivity index (χ2n) is 6.96. The summed E-state index contributed by atoms with van der Waals surface area (Å²) >= 11 is 0. The quantitative estimate of drug-likeness (QED) is 0.317. The van der Waals surface area contributed by atoms with Crippen LogP contribution in [0, 0.1) is 0 Å². The molecule has 0 spiro atoms. The van der Waals surface area contributed by atoms with Crippen molar-refractivity contribution >= 4 is 29.9 Å². The lowest BCUT2D eigenvalue weighted by Gasteiger charge is -2.28. The molecule has 1 saturated carbocycles. The lowest BCUT2D eigenvalue weighted by Crippen LogP contribution is -2.40. The fraction of sp³-hybridized carbons (Fsp3) is 0.476. The summed E-state index contributed by atoms with van der Waals surface area (Å²) in [5, 5.41) is 16.7. The van der Waals surface area contributed by atoms with Crippen LogP contribution < -0.4 is 10.6 Å². The molecule has 5 nitrogen and oxygen atoms in total. The highest BCUT2D eigenvalue weighted by Gasteiger charge is 2.35. The lowest BCUT2D eigenvalue weighted by atomic mass is 9.79. The lowest BCUT2D eigenvalue weighted by molar-refractivity contribution is 0.153. The summed E-state index contributed by atoms with van der Waals surface area (Å²) in [7, 11) is 0. The molecular weight excluding hydrogens is 453 g/mol. The largest absolute Gasteiger partial charge is 0.467 e. The number of aliphatic hydroxyl groups is 1. The Morgan fingerprint density at radius 1 is 1.15 bits per heavy atom. The topological polar surface area (TPSA) is 69.8 Å². The van der Waals surface area contributed by atoms with E-state index in [0.717, 1.165) is 19.0 Å². The molecule has 148 valence electrons. The Kier molecular flexibility index (Phi) is 8.63. The van der Waals surface area contributed by atoms with Gasteiger partial charge in [0.05, 0.1) is 19.4 Å². The molecule has 1 fully saturated rings. The molecule has 0 saturated heterocycles. The zero-order valence-corrected chi connectivity index (χ0v) is 18.2. The van der Waals surface area contributed by atoms with Gasteiger partial charge >= 0.3 is 0 Å². The Morgan fingerprint density at radius 3 is 2.52 bits per heavy atom. The summed E-state index contributed by atoms with van der Waals surface area (Å²) in [4.78, 5) is 4.85. The molecule has 2 aromatic rings. The van der Waals surface area contributed by atoms with Gasteiger partial charge in [-0.1, -0.05) is 43.2 Å². The van der Waals surface area contributed by atoms with Gasteiger partial charge in [-0.05, 0) is 37.5 Å². The zero-order chi connectivity index (χ0) is 18.2. The first-order valence-electron chi connectivity index (χ1n) is 9.53. The van der Waals surface area contributed by atoms with Crippen LogP contribution in [0.15, 0.2) is 58.1 Å². The molecule has 1 unspecified atom stereocenters. The van der Waals surface area contributed by atoms with Crippen molar-refractivity contribution in [2.45, 2.75) is 44.1 Å². The van der Waals surface area contributed by atoms with Crippen molar-refractivity contribution in [1.29, 1.82) is 0 Å². The SMILES string of the molecule is CCNC(=NCC1(c2ccccc2)CCCC1)NCC(O)c1ccco1.I. The number of guanidine groups is 1. The average Bonchev–Trinajstić information content (AvgIpc) is 3.37. The van der Waals surface area contributed by atoms with Crippen LogP contribution in [0.3, 0.4) is 0 Å². The van der Waals surface area contributed by atoms with Crippen LogP contribution in [-0.4, -0.2) is 30.7 Å². The summed E-state index contributed by atoms with van der Waals surface area (Å²) < 4.78 is 5.25. The molecule has 6 heteroatoms. The van der Waals surface area contributed by atoms with Crippen LogP contribution in [0.5, 0.6) is 0 Å². The van der Waals surface area contributed by atoms with E-state index in [1.165, 1.54) is 31.2 Å². The number of aliphatic imine (C=N–C) groups is 1. The molecule has 0 amide bonds. The minimum Gasteiger partial charge on any atom is -0.467 e. The minimum absolute atomic E-state index is 0. The normalized spacial score (nSPS) is 17.2. The van der Waals surface area contributed by atoms with Crippen molar-refractivity contribution in [3.63, 3.8) is 0 Å². The number of rotatable bonds is 7. The van der Waals surface area contributed by atoms with E-state index in [1.807, 2.05) is 6.92 Å². The maximum atomic E-state index is 10.2. The van der Waals surface area contributed by atoms with Gasteiger partial charge < -0.3 is 20.2 Å². The number of furan rings is 1. The number of nitrogens with one attached hydrogen (secondary N) is 2. The number of aliphatic hydroxyl groups excluding tert-OH is 1. The molecule has 0 aliphatic heterocycles. The smallest absolute Gasteiger partial charge is 0.191 e. The monoisotopic (exact) mass is 483 g/mol. The van der Waals surface area contributed by atoms with Crippen LogP contribution in [0.1, 0.15) is 50.0 Å². The second-order valence-corrected chi connectivity index (χ2v) is 6.96. The van der Waals surface area contributed by atoms with Gasteiger partial charge in [0.15, 0.2) is 5.96 Å². The molecule has 3 rings (SSSR count). The Labute approximate surface area is 178 Å². The van der Waals surface area contributed by atoms with E-state index in [1.54, 1.807) is 18.4 Å². The van der Waals surface area contributed by atoms with Gasteiger partial charge in [0, 0.05) is 12.0 Å². The zero-order valence-electron chi connectivity index (χ0n) is 15.9. The van der Waals surface area contributed by atoms with Crippen molar-refractivity contribution < 1.29 is 9.52 Å². The number of nitrogens with zero attached hydrogens (tertiary/aromatic N) is 1. The number of halogens is 1. The third-order valence-electron chi connectivity index (χ3n) is 5.17. The molecule has 0 bridgehead atoms. The first-order chi connectivity index (χ1) is 12.7. The third kappa shape index (κ3) is 5.72. The molecule has 0 radical (unpaired) electrons. The van der Waals surface area contributed by atoms with Crippen molar-refractivity contribution in [2.75, 3.05) is 19.6 Å². The number of benzene rings is 1. The number of hydrogen-bond acceptors (Lipinski definition) is 3. The second kappa shape index (κ2) is 10.7. The first kappa shape index (κ1) is 21.8. The van der Waals surface area contributed by atoms with E-state index >= 15 is 0 Å².